The minimum atomic E-state index is -0.928. The van der Waals surface area contributed by atoms with Crippen molar-refractivity contribution >= 4 is 28.1 Å². The summed E-state index contributed by atoms with van der Waals surface area (Å²) >= 11 is 1.52. The predicted molar refractivity (Wildman–Crippen MR) is 98.3 cm³/mol. The van der Waals surface area contributed by atoms with Crippen LogP contribution in [0.15, 0.2) is 53.9 Å². The highest BCUT2D eigenvalue weighted by atomic mass is 32.1. The van der Waals surface area contributed by atoms with Gasteiger partial charge in [0.2, 0.25) is 0 Å². The molecule has 0 aliphatic carbocycles. The Labute approximate surface area is 144 Å². The van der Waals surface area contributed by atoms with Crippen LogP contribution in [0.2, 0.25) is 0 Å². The molecular formula is C19H18N2O2S. The van der Waals surface area contributed by atoms with E-state index in [1.807, 2.05) is 5.38 Å². The quantitative estimate of drug-likeness (QED) is 0.656. The number of aromatic carboxylic acids is 1. The van der Waals surface area contributed by atoms with Crippen molar-refractivity contribution in [3.63, 3.8) is 0 Å². The Morgan fingerprint density at radius 3 is 2.33 bits per heavy atom. The summed E-state index contributed by atoms with van der Waals surface area (Å²) in [6.07, 6.45) is 0. The minimum absolute atomic E-state index is 0.269. The third kappa shape index (κ3) is 3.63. The molecule has 0 saturated carbocycles. The average Bonchev–Trinajstić information content (AvgIpc) is 3.04. The predicted octanol–water partition coefficient (Wildman–Crippen LogP) is 5.38. The van der Waals surface area contributed by atoms with E-state index in [9.17, 15) is 4.79 Å². The molecule has 0 fully saturated rings. The fraction of sp³-hybridized carbons (Fsp3) is 0.158. The first-order valence-electron chi connectivity index (χ1n) is 7.69. The van der Waals surface area contributed by atoms with E-state index in [-0.39, 0.29) is 5.56 Å². The Hall–Kier alpha value is -2.66. The zero-order chi connectivity index (χ0) is 17.1. The van der Waals surface area contributed by atoms with E-state index in [1.165, 1.54) is 16.9 Å². The highest BCUT2D eigenvalue weighted by Gasteiger charge is 2.07. The van der Waals surface area contributed by atoms with Crippen LogP contribution in [0.1, 0.15) is 35.7 Å². The van der Waals surface area contributed by atoms with Crippen molar-refractivity contribution in [3.8, 4) is 11.3 Å². The third-order valence-corrected chi connectivity index (χ3v) is 4.52. The average molecular weight is 338 g/mol. The number of anilines is 2. The summed E-state index contributed by atoms with van der Waals surface area (Å²) in [5, 5.41) is 14.9. The molecule has 5 heteroatoms. The highest BCUT2D eigenvalue weighted by molar-refractivity contribution is 7.14. The fourth-order valence-corrected chi connectivity index (χ4v) is 3.06. The molecule has 2 N–H and O–H groups in total. The summed E-state index contributed by atoms with van der Waals surface area (Å²) in [5.41, 5.74) is 4.41. The first kappa shape index (κ1) is 16.2. The number of hydrogen-bond donors (Lipinski definition) is 2. The van der Waals surface area contributed by atoms with Crippen molar-refractivity contribution in [2.24, 2.45) is 0 Å². The van der Waals surface area contributed by atoms with Gasteiger partial charge in [-0.2, -0.15) is 0 Å². The number of carboxylic acids is 1. The molecule has 1 aromatic heterocycles. The van der Waals surface area contributed by atoms with Gasteiger partial charge in [0.05, 0.1) is 11.3 Å². The Bertz CT molecular complexity index is 837. The lowest BCUT2D eigenvalue weighted by Crippen LogP contribution is -1.96. The van der Waals surface area contributed by atoms with Gasteiger partial charge in [0.1, 0.15) is 0 Å². The maximum Gasteiger partial charge on any atom is 0.335 e. The number of nitrogens with zero attached hydrogens (tertiary/aromatic N) is 1. The lowest BCUT2D eigenvalue weighted by Gasteiger charge is -2.05. The van der Waals surface area contributed by atoms with Gasteiger partial charge in [0, 0.05) is 16.6 Å². The minimum Gasteiger partial charge on any atom is -0.478 e. The van der Waals surface area contributed by atoms with Crippen LogP contribution in [0, 0.1) is 0 Å². The van der Waals surface area contributed by atoms with E-state index < -0.39 is 5.97 Å². The number of nitrogens with one attached hydrogen (secondary N) is 1. The molecule has 3 rings (SSSR count). The lowest BCUT2D eigenvalue weighted by molar-refractivity contribution is 0.0697. The Morgan fingerprint density at radius 1 is 1.08 bits per heavy atom. The summed E-state index contributed by atoms with van der Waals surface area (Å²) in [6.45, 7) is 4.35. The fourth-order valence-electron chi connectivity index (χ4n) is 2.32. The normalized spacial score (nSPS) is 10.8. The molecule has 1 heterocycles. The second-order valence-corrected chi connectivity index (χ2v) is 6.68. The van der Waals surface area contributed by atoms with E-state index in [1.54, 1.807) is 24.3 Å². The van der Waals surface area contributed by atoms with Crippen LogP contribution < -0.4 is 5.32 Å². The zero-order valence-electron chi connectivity index (χ0n) is 13.5. The van der Waals surface area contributed by atoms with Crippen molar-refractivity contribution in [2.75, 3.05) is 5.32 Å². The van der Waals surface area contributed by atoms with E-state index >= 15 is 0 Å². The number of hydrogen-bond acceptors (Lipinski definition) is 4. The number of rotatable bonds is 5. The van der Waals surface area contributed by atoms with Crippen molar-refractivity contribution in [1.29, 1.82) is 0 Å². The van der Waals surface area contributed by atoms with Gasteiger partial charge in [0.25, 0.3) is 0 Å². The molecule has 4 nitrogen and oxygen atoms in total. The number of aromatic nitrogens is 1. The molecule has 122 valence electrons. The maximum atomic E-state index is 10.9. The third-order valence-electron chi connectivity index (χ3n) is 3.76. The molecule has 0 amide bonds. The number of carbonyl (C=O) groups is 1. The number of carboxylic acid groups (broad SMARTS) is 1. The van der Waals surface area contributed by atoms with Crippen LogP contribution >= 0.6 is 11.3 Å². The molecule has 0 radical (unpaired) electrons. The first-order valence-corrected chi connectivity index (χ1v) is 8.57. The largest absolute Gasteiger partial charge is 0.478 e. The van der Waals surface area contributed by atoms with Crippen LogP contribution in [0.25, 0.3) is 11.3 Å². The molecule has 3 aromatic rings. The summed E-state index contributed by atoms with van der Waals surface area (Å²) < 4.78 is 0. The Balaban J connectivity index is 1.74. The SMILES string of the molecule is CC(C)c1ccc(-c2csc(Nc3ccc(C(=O)O)cc3)n2)cc1. The maximum absolute atomic E-state index is 10.9. The van der Waals surface area contributed by atoms with Crippen LogP contribution in [0.5, 0.6) is 0 Å². The van der Waals surface area contributed by atoms with Crippen LogP contribution in [-0.2, 0) is 0 Å². The van der Waals surface area contributed by atoms with Gasteiger partial charge in [0.15, 0.2) is 5.13 Å². The second-order valence-electron chi connectivity index (χ2n) is 5.82. The van der Waals surface area contributed by atoms with Crippen molar-refractivity contribution in [2.45, 2.75) is 19.8 Å². The van der Waals surface area contributed by atoms with E-state index in [0.29, 0.717) is 5.92 Å². The molecule has 0 saturated heterocycles. The number of thiazole rings is 1. The van der Waals surface area contributed by atoms with Gasteiger partial charge in [-0.05, 0) is 35.7 Å². The van der Waals surface area contributed by atoms with E-state index in [0.717, 1.165) is 22.1 Å². The van der Waals surface area contributed by atoms with Crippen molar-refractivity contribution in [3.05, 3.63) is 65.0 Å². The van der Waals surface area contributed by atoms with E-state index in [2.05, 4.69) is 48.4 Å². The van der Waals surface area contributed by atoms with Crippen LogP contribution in [0.4, 0.5) is 10.8 Å². The van der Waals surface area contributed by atoms with Crippen LogP contribution in [-0.4, -0.2) is 16.1 Å². The summed E-state index contributed by atoms with van der Waals surface area (Å²) in [5.74, 6) is -0.414. The molecule has 2 aromatic carbocycles. The van der Waals surface area contributed by atoms with Gasteiger partial charge < -0.3 is 10.4 Å². The Kier molecular flexibility index (Phi) is 4.62. The molecule has 0 aliphatic rings. The summed E-state index contributed by atoms with van der Waals surface area (Å²) in [6, 6.07) is 15.1. The summed E-state index contributed by atoms with van der Waals surface area (Å²) in [4.78, 5) is 15.5. The summed E-state index contributed by atoms with van der Waals surface area (Å²) in [7, 11) is 0. The molecule has 24 heavy (non-hydrogen) atoms. The number of benzene rings is 2. The molecule has 0 atom stereocenters. The van der Waals surface area contributed by atoms with Crippen molar-refractivity contribution < 1.29 is 9.90 Å². The molecular weight excluding hydrogens is 320 g/mol. The second kappa shape index (κ2) is 6.84. The topological polar surface area (TPSA) is 62.2 Å². The van der Waals surface area contributed by atoms with Gasteiger partial charge in [-0.15, -0.1) is 11.3 Å². The van der Waals surface area contributed by atoms with E-state index in [4.69, 9.17) is 5.11 Å². The van der Waals surface area contributed by atoms with Gasteiger partial charge in [-0.1, -0.05) is 38.1 Å². The Morgan fingerprint density at radius 2 is 1.75 bits per heavy atom. The molecule has 0 bridgehead atoms. The highest BCUT2D eigenvalue weighted by Crippen LogP contribution is 2.28. The van der Waals surface area contributed by atoms with Crippen molar-refractivity contribution in [1.82, 2.24) is 4.98 Å². The monoisotopic (exact) mass is 338 g/mol. The molecule has 0 spiro atoms. The molecule has 0 aliphatic heterocycles. The zero-order valence-corrected chi connectivity index (χ0v) is 14.3. The smallest absolute Gasteiger partial charge is 0.335 e. The van der Waals surface area contributed by atoms with Gasteiger partial charge >= 0.3 is 5.97 Å². The van der Waals surface area contributed by atoms with Crippen LogP contribution in [0.3, 0.4) is 0 Å². The van der Waals surface area contributed by atoms with Gasteiger partial charge in [-0.3, -0.25) is 0 Å². The standard InChI is InChI=1S/C19H18N2O2S/c1-12(2)13-3-5-14(6-4-13)17-11-24-19(21-17)20-16-9-7-15(8-10-16)18(22)23/h3-12H,1-2H3,(H,20,21)(H,22,23). The lowest BCUT2D eigenvalue weighted by atomic mass is 10.0. The first-order chi connectivity index (χ1) is 11.5. The molecule has 0 unspecified atom stereocenters. The van der Waals surface area contributed by atoms with Gasteiger partial charge in [-0.25, -0.2) is 9.78 Å².